The number of H-pyrrole nitrogens is 1. The highest BCUT2D eigenvalue weighted by atomic mass is 35.5. The first kappa shape index (κ1) is 19.2. The molecule has 0 amide bonds. The van der Waals surface area contributed by atoms with Crippen molar-refractivity contribution < 1.29 is 23.5 Å². The molecule has 2 rings (SSSR count). The van der Waals surface area contributed by atoms with Gasteiger partial charge in [-0.05, 0) is 20.8 Å². The fourth-order valence-corrected chi connectivity index (χ4v) is 3.76. The lowest BCUT2D eigenvalue weighted by Gasteiger charge is -2.26. The predicted octanol–water partition coefficient (Wildman–Crippen LogP) is 0.891. The molecule has 2 N–H and O–H groups in total. The number of aromatic nitrogens is 2. The van der Waals surface area contributed by atoms with Crippen LogP contribution in [0.5, 0.6) is 0 Å². The SMILES string of the molecule is CC(C)O[P+](=O)O[C@@H]1[C@@H](CO)O[C@@H](n2ccc(=O)[nH]c2=O)[C@]1(C)Cl. The summed E-state index contributed by atoms with van der Waals surface area (Å²) in [6, 6.07) is 1.14. The topological polar surface area (TPSA) is 120 Å². The smallest absolute Gasteiger partial charge is 0.394 e. The van der Waals surface area contributed by atoms with E-state index in [1.54, 1.807) is 13.8 Å². The zero-order chi connectivity index (χ0) is 18.1. The van der Waals surface area contributed by atoms with Gasteiger partial charge < -0.3 is 9.84 Å². The molecule has 0 radical (unpaired) electrons. The number of hydrogen-bond acceptors (Lipinski definition) is 7. The van der Waals surface area contributed by atoms with Crippen molar-refractivity contribution in [2.45, 2.75) is 50.2 Å². The monoisotopic (exact) mass is 381 g/mol. The van der Waals surface area contributed by atoms with Gasteiger partial charge in [-0.3, -0.25) is 14.3 Å². The molecule has 1 aromatic heterocycles. The van der Waals surface area contributed by atoms with Crippen LogP contribution < -0.4 is 11.2 Å². The van der Waals surface area contributed by atoms with E-state index in [-0.39, 0.29) is 6.10 Å². The molecule has 0 spiro atoms. The second-order valence-corrected chi connectivity index (χ2v) is 7.47. The number of halogens is 1. The first-order valence-corrected chi connectivity index (χ1v) is 8.71. The molecule has 0 bridgehead atoms. The van der Waals surface area contributed by atoms with Crippen molar-refractivity contribution in [3.8, 4) is 0 Å². The Hall–Kier alpha value is -1.09. The normalized spacial score (nSPS) is 30.8. The van der Waals surface area contributed by atoms with Crippen LogP contribution in [0.3, 0.4) is 0 Å². The maximum absolute atomic E-state index is 12.0. The number of hydrogen-bond donors (Lipinski definition) is 2. The molecule has 1 aliphatic rings. The zero-order valence-corrected chi connectivity index (χ0v) is 15.0. The van der Waals surface area contributed by atoms with Crippen LogP contribution >= 0.6 is 19.9 Å². The molecule has 1 fully saturated rings. The van der Waals surface area contributed by atoms with Crippen molar-refractivity contribution >= 4 is 19.9 Å². The first-order valence-electron chi connectivity index (χ1n) is 7.24. The minimum atomic E-state index is -2.49. The summed E-state index contributed by atoms with van der Waals surface area (Å²) < 4.78 is 29.0. The Morgan fingerprint density at radius 3 is 2.75 bits per heavy atom. The van der Waals surface area contributed by atoms with Crippen LogP contribution in [0.2, 0.25) is 0 Å². The molecular weight excluding hydrogens is 363 g/mol. The number of rotatable bonds is 6. The number of aromatic amines is 1. The van der Waals surface area contributed by atoms with Crippen LogP contribution in [0.15, 0.2) is 21.9 Å². The van der Waals surface area contributed by atoms with E-state index in [1.165, 1.54) is 13.1 Å². The number of nitrogens with zero attached hydrogens (tertiary/aromatic N) is 1. The van der Waals surface area contributed by atoms with Gasteiger partial charge in [0, 0.05) is 16.8 Å². The highest BCUT2D eigenvalue weighted by Crippen LogP contribution is 2.47. The third-order valence-electron chi connectivity index (χ3n) is 3.46. The molecule has 1 unspecified atom stereocenters. The molecular formula is C13H19ClN2O7P+. The third kappa shape index (κ3) is 3.93. The van der Waals surface area contributed by atoms with Crippen LogP contribution in [0.4, 0.5) is 0 Å². The standard InChI is InChI=1S/C13H18ClN2O7P/c1-7(2)22-24(20)23-10-8(6-17)21-11(13(10,3)14)16-5-4-9(18)15-12(16)19/h4-5,7-8,10-11,17H,6H2,1-3H3/p+1/t8-,10-,11-,13-/m1/s1. The molecule has 1 aliphatic heterocycles. The predicted molar refractivity (Wildman–Crippen MR) is 85.3 cm³/mol. The summed E-state index contributed by atoms with van der Waals surface area (Å²) in [6.45, 7) is 4.43. The average molecular weight is 382 g/mol. The Bertz CT molecular complexity index is 717. The Morgan fingerprint density at radius 2 is 2.21 bits per heavy atom. The van der Waals surface area contributed by atoms with Gasteiger partial charge in [0.1, 0.15) is 17.1 Å². The van der Waals surface area contributed by atoms with Gasteiger partial charge >= 0.3 is 13.9 Å². The number of aliphatic hydroxyl groups is 1. The highest BCUT2D eigenvalue weighted by molar-refractivity contribution is 7.33. The van der Waals surface area contributed by atoms with Crippen LogP contribution in [-0.2, 0) is 18.3 Å². The first-order chi connectivity index (χ1) is 11.2. The van der Waals surface area contributed by atoms with Crippen molar-refractivity contribution in [3.63, 3.8) is 0 Å². The molecule has 0 saturated carbocycles. The largest absolute Gasteiger partial charge is 0.698 e. The summed E-state index contributed by atoms with van der Waals surface area (Å²) in [6.07, 6.45) is -2.08. The van der Waals surface area contributed by atoms with E-state index in [0.717, 1.165) is 10.6 Å². The van der Waals surface area contributed by atoms with Gasteiger partial charge in [-0.1, -0.05) is 0 Å². The lowest BCUT2D eigenvalue weighted by atomic mass is 10.0. The minimum Gasteiger partial charge on any atom is -0.394 e. The van der Waals surface area contributed by atoms with Crippen LogP contribution in [-0.4, -0.2) is 44.5 Å². The van der Waals surface area contributed by atoms with E-state index >= 15 is 0 Å². The molecule has 1 saturated heterocycles. The van der Waals surface area contributed by atoms with Gasteiger partial charge in [0.15, 0.2) is 12.3 Å². The molecule has 5 atom stereocenters. The fourth-order valence-electron chi connectivity index (χ4n) is 2.42. The van der Waals surface area contributed by atoms with Crippen LogP contribution in [0.25, 0.3) is 0 Å². The van der Waals surface area contributed by atoms with Crippen molar-refractivity contribution in [3.05, 3.63) is 33.1 Å². The molecule has 9 nitrogen and oxygen atoms in total. The molecule has 134 valence electrons. The van der Waals surface area contributed by atoms with Gasteiger partial charge in [-0.2, -0.15) is 0 Å². The number of ether oxygens (including phenoxy) is 1. The fraction of sp³-hybridized carbons (Fsp3) is 0.692. The summed E-state index contributed by atoms with van der Waals surface area (Å²) >= 11 is 6.50. The van der Waals surface area contributed by atoms with E-state index in [9.17, 15) is 19.3 Å². The maximum atomic E-state index is 12.0. The number of aliphatic hydroxyl groups excluding tert-OH is 1. The molecule has 0 aliphatic carbocycles. The van der Waals surface area contributed by atoms with E-state index in [0.29, 0.717) is 0 Å². The van der Waals surface area contributed by atoms with Gasteiger partial charge in [0.25, 0.3) is 5.56 Å². The summed E-state index contributed by atoms with van der Waals surface area (Å²) in [7, 11) is -2.49. The summed E-state index contributed by atoms with van der Waals surface area (Å²) in [4.78, 5) is 23.9. The van der Waals surface area contributed by atoms with E-state index in [4.69, 9.17) is 25.4 Å². The van der Waals surface area contributed by atoms with Crippen molar-refractivity contribution in [2.75, 3.05) is 6.61 Å². The van der Waals surface area contributed by atoms with Crippen molar-refractivity contribution in [1.29, 1.82) is 0 Å². The van der Waals surface area contributed by atoms with Gasteiger partial charge in [-0.15, -0.1) is 20.6 Å². The Labute approximate surface area is 143 Å². The molecule has 1 aromatic rings. The zero-order valence-electron chi connectivity index (χ0n) is 13.3. The molecule has 24 heavy (non-hydrogen) atoms. The van der Waals surface area contributed by atoms with Gasteiger partial charge in [0.05, 0.1) is 6.61 Å². The van der Waals surface area contributed by atoms with E-state index in [2.05, 4.69) is 4.98 Å². The third-order valence-corrected chi connectivity index (χ3v) is 4.86. The summed E-state index contributed by atoms with van der Waals surface area (Å²) in [5.74, 6) is 0. The number of alkyl halides is 1. The highest BCUT2D eigenvalue weighted by Gasteiger charge is 2.58. The second kappa shape index (κ2) is 7.43. The van der Waals surface area contributed by atoms with Crippen LogP contribution in [0.1, 0.15) is 27.0 Å². The Balaban J connectivity index is 2.31. The summed E-state index contributed by atoms with van der Waals surface area (Å²) in [5, 5.41) is 9.50. The quantitative estimate of drug-likeness (QED) is 0.554. The van der Waals surface area contributed by atoms with E-state index < -0.39 is 49.4 Å². The van der Waals surface area contributed by atoms with Crippen LogP contribution in [0, 0.1) is 0 Å². The Morgan fingerprint density at radius 1 is 1.54 bits per heavy atom. The molecule has 11 heteroatoms. The van der Waals surface area contributed by atoms with Gasteiger partial charge in [-0.25, -0.2) is 4.79 Å². The second-order valence-electron chi connectivity index (χ2n) is 5.78. The molecule has 2 heterocycles. The average Bonchev–Trinajstić information content (AvgIpc) is 2.70. The van der Waals surface area contributed by atoms with Crippen molar-refractivity contribution in [2.24, 2.45) is 0 Å². The van der Waals surface area contributed by atoms with E-state index in [1.807, 2.05) is 0 Å². The minimum absolute atomic E-state index is 0.331. The lowest BCUT2D eigenvalue weighted by molar-refractivity contribution is -0.0447. The van der Waals surface area contributed by atoms with Gasteiger partial charge in [0.2, 0.25) is 0 Å². The Kier molecular flexibility index (Phi) is 5.95. The molecule has 0 aromatic carbocycles. The summed E-state index contributed by atoms with van der Waals surface area (Å²) in [5.41, 5.74) is -1.29. The maximum Gasteiger partial charge on any atom is 0.698 e. The van der Waals surface area contributed by atoms with Crippen molar-refractivity contribution in [1.82, 2.24) is 9.55 Å². The number of nitrogens with one attached hydrogen (secondary N) is 1. The lowest BCUT2D eigenvalue weighted by Crippen LogP contribution is -2.43.